The molecule has 146 valence electrons. The quantitative estimate of drug-likeness (QED) is 0.522. The second-order valence-corrected chi connectivity index (χ2v) is 9.64. The fourth-order valence-electron chi connectivity index (χ4n) is 3.78. The highest BCUT2D eigenvalue weighted by Gasteiger charge is 2.25. The highest BCUT2D eigenvalue weighted by atomic mass is 32.2. The highest BCUT2D eigenvalue weighted by molar-refractivity contribution is 7.99. The molecule has 2 aromatic heterocycles. The molecule has 0 spiro atoms. The van der Waals surface area contributed by atoms with Crippen LogP contribution in [0.3, 0.4) is 0 Å². The van der Waals surface area contributed by atoms with Crippen LogP contribution < -0.4 is 11.3 Å². The van der Waals surface area contributed by atoms with Gasteiger partial charge in [-0.25, -0.2) is 4.98 Å². The maximum Gasteiger partial charge on any atom is 0.267 e. The zero-order valence-corrected chi connectivity index (χ0v) is 17.9. The van der Waals surface area contributed by atoms with Crippen LogP contribution in [0.2, 0.25) is 0 Å². The third-order valence-corrected chi connectivity index (χ3v) is 7.36. The van der Waals surface area contributed by atoms with Crippen LogP contribution in [0.1, 0.15) is 34.9 Å². The normalized spacial score (nSPS) is 16.3. The number of fused-ring (bicyclic) bond motifs is 3. The Balaban J connectivity index is 2.01. The van der Waals surface area contributed by atoms with Crippen LogP contribution in [0.5, 0.6) is 0 Å². The number of hydrogen-bond donors (Lipinski definition) is 1. The molecular weight excluding hydrogens is 390 g/mol. The van der Waals surface area contributed by atoms with Gasteiger partial charge in [0.1, 0.15) is 4.83 Å². The predicted molar refractivity (Wildman–Crippen MR) is 116 cm³/mol. The fraction of sp³-hybridized carbons (Fsp3) is 0.381. The Morgan fingerprint density at radius 1 is 1.39 bits per heavy atom. The summed E-state index contributed by atoms with van der Waals surface area (Å²) in [6.45, 7) is 6.24. The van der Waals surface area contributed by atoms with Crippen LogP contribution in [0.4, 0.5) is 0 Å². The van der Waals surface area contributed by atoms with E-state index in [9.17, 15) is 9.59 Å². The van der Waals surface area contributed by atoms with Crippen molar-refractivity contribution in [1.29, 1.82) is 0 Å². The molecule has 5 nitrogen and oxygen atoms in total. The summed E-state index contributed by atoms with van der Waals surface area (Å²) < 4.78 is 1.67. The van der Waals surface area contributed by atoms with E-state index in [4.69, 9.17) is 10.7 Å². The average molecular weight is 414 g/mol. The average Bonchev–Trinajstić information content (AvgIpc) is 2.99. The first-order valence-corrected chi connectivity index (χ1v) is 11.2. The number of aryl methyl sites for hydroxylation is 3. The molecule has 1 aliphatic carbocycles. The molecule has 1 aromatic carbocycles. The number of carbonyl (C=O) groups excluding carboxylic acids is 1. The predicted octanol–water partition coefficient (Wildman–Crippen LogP) is 3.77. The molecule has 0 saturated heterocycles. The lowest BCUT2D eigenvalue weighted by atomic mass is 9.89. The number of primary amides is 1. The Bertz CT molecular complexity index is 1150. The van der Waals surface area contributed by atoms with E-state index in [1.54, 1.807) is 15.9 Å². The summed E-state index contributed by atoms with van der Waals surface area (Å²) in [4.78, 5) is 31.9. The van der Waals surface area contributed by atoms with E-state index in [0.717, 1.165) is 46.3 Å². The Labute approximate surface area is 172 Å². The molecule has 0 unspecified atom stereocenters. The van der Waals surface area contributed by atoms with Gasteiger partial charge in [0.25, 0.3) is 5.56 Å². The summed E-state index contributed by atoms with van der Waals surface area (Å²) in [5.74, 6) is 0.293. The van der Waals surface area contributed by atoms with Crippen molar-refractivity contribution in [3.05, 3.63) is 50.1 Å². The zero-order valence-electron chi connectivity index (χ0n) is 16.2. The van der Waals surface area contributed by atoms with Gasteiger partial charge in [0.2, 0.25) is 5.91 Å². The molecule has 1 atom stereocenters. The summed E-state index contributed by atoms with van der Waals surface area (Å²) in [5.41, 5.74) is 9.36. The summed E-state index contributed by atoms with van der Waals surface area (Å²) >= 11 is 2.85. The maximum atomic E-state index is 13.7. The van der Waals surface area contributed by atoms with Gasteiger partial charge in [-0.1, -0.05) is 30.8 Å². The van der Waals surface area contributed by atoms with Crippen LogP contribution in [0.25, 0.3) is 15.9 Å². The van der Waals surface area contributed by atoms with Crippen molar-refractivity contribution in [2.75, 3.05) is 5.75 Å². The molecule has 28 heavy (non-hydrogen) atoms. The number of hydrogen-bond acceptors (Lipinski definition) is 5. The number of benzene rings is 1. The van der Waals surface area contributed by atoms with Gasteiger partial charge in [0.15, 0.2) is 5.16 Å². The minimum atomic E-state index is -0.425. The van der Waals surface area contributed by atoms with Crippen molar-refractivity contribution >= 4 is 39.2 Å². The second kappa shape index (κ2) is 7.37. The Morgan fingerprint density at radius 2 is 2.18 bits per heavy atom. The lowest BCUT2D eigenvalue weighted by molar-refractivity contribution is -0.115. The first-order valence-electron chi connectivity index (χ1n) is 9.41. The van der Waals surface area contributed by atoms with Gasteiger partial charge in [-0.2, -0.15) is 0 Å². The van der Waals surface area contributed by atoms with E-state index in [1.165, 1.54) is 22.2 Å². The first-order chi connectivity index (χ1) is 13.3. The van der Waals surface area contributed by atoms with Crippen LogP contribution in [0.15, 0.2) is 28.2 Å². The number of rotatable bonds is 4. The lowest BCUT2D eigenvalue weighted by Gasteiger charge is -2.18. The van der Waals surface area contributed by atoms with Gasteiger partial charge < -0.3 is 5.73 Å². The SMILES string of the molecule is Cc1ccc(C)c(-n2c(SCC(N)=O)nc3sc4c(c3c2=O)CC[C@@H](C)C4)c1. The lowest BCUT2D eigenvalue weighted by Crippen LogP contribution is -2.24. The molecule has 0 fully saturated rings. The van der Waals surface area contributed by atoms with Crippen LogP contribution in [0, 0.1) is 19.8 Å². The number of nitrogens with zero attached hydrogens (tertiary/aromatic N) is 2. The van der Waals surface area contributed by atoms with E-state index in [2.05, 4.69) is 6.92 Å². The number of aromatic nitrogens is 2. The van der Waals surface area contributed by atoms with Gasteiger partial charge in [-0.15, -0.1) is 11.3 Å². The van der Waals surface area contributed by atoms with Gasteiger partial charge in [-0.3, -0.25) is 14.2 Å². The number of amides is 1. The molecule has 2 N–H and O–H groups in total. The van der Waals surface area contributed by atoms with Gasteiger partial charge >= 0.3 is 0 Å². The largest absolute Gasteiger partial charge is 0.369 e. The molecule has 0 aliphatic heterocycles. The Hall–Kier alpha value is -2.12. The first kappa shape index (κ1) is 19.2. The van der Waals surface area contributed by atoms with Crippen molar-refractivity contribution in [3.8, 4) is 5.69 Å². The minimum Gasteiger partial charge on any atom is -0.369 e. The van der Waals surface area contributed by atoms with E-state index in [1.807, 2.05) is 32.0 Å². The molecule has 3 aromatic rings. The Kier molecular flexibility index (Phi) is 5.05. The number of thioether (sulfide) groups is 1. The highest BCUT2D eigenvalue weighted by Crippen LogP contribution is 2.37. The van der Waals surface area contributed by atoms with Crippen molar-refractivity contribution in [3.63, 3.8) is 0 Å². The molecule has 2 heterocycles. The van der Waals surface area contributed by atoms with Crippen molar-refractivity contribution in [2.24, 2.45) is 11.7 Å². The van der Waals surface area contributed by atoms with Crippen LogP contribution >= 0.6 is 23.1 Å². The molecule has 0 bridgehead atoms. The summed E-state index contributed by atoms with van der Waals surface area (Å²) in [6.07, 6.45) is 3.02. The van der Waals surface area contributed by atoms with Crippen molar-refractivity contribution in [2.45, 2.75) is 45.2 Å². The van der Waals surface area contributed by atoms with Crippen molar-refractivity contribution in [1.82, 2.24) is 9.55 Å². The fourth-order valence-corrected chi connectivity index (χ4v) is 5.95. The standard InChI is InChI=1S/C21H23N3O2S2/c1-11-4-6-13(3)15(8-11)24-20(26)18-14-7-5-12(2)9-16(14)28-19(18)23-21(24)27-10-17(22)25/h4,6,8,12H,5,7,9-10H2,1-3H3,(H2,22,25)/t12-/m1/s1. The molecule has 0 radical (unpaired) electrons. The van der Waals surface area contributed by atoms with Crippen LogP contribution in [-0.2, 0) is 17.6 Å². The molecule has 1 aliphatic rings. The zero-order chi connectivity index (χ0) is 20.0. The third-order valence-electron chi connectivity index (χ3n) is 5.25. The molecular formula is C21H23N3O2S2. The van der Waals surface area contributed by atoms with Gasteiger partial charge in [-0.05, 0) is 61.8 Å². The van der Waals surface area contributed by atoms with Crippen molar-refractivity contribution < 1.29 is 4.79 Å². The topological polar surface area (TPSA) is 78.0 Å². The molecule has 0 saturated carbocycles. The summed E-state index contributed by atoms with van der Waals surface area (Å²) in [7, 11) is 0. The Morgan fingerprint density at radius 3 is 2.93 bits per heavy atom. The monoisotopic (exact) mass is 413 g/mol. The second-order valence-electron chi connectivity index (χ2n) is 7.61. The molecule has 1 amide bonds. The van der Waals surface area contributed by atoms with Crippen LogP contribution in [-0.4, -0.2) is 21.2 Å². The molecule has 7 heteroatoms. The minimum absolute atomic E-state index is 0.0438. The van der Waals surface area contributed by atoms with Gasteiger partial charge in [0, 0.05) is 4.88 Å². The number of nitrogens with two attached hydrogens (primary N) is 1. The number of carbonyl (C=O) groups is 1. The van der Waals surface area contributed by atoms with Gasteiger partial charge in [0.05, 0.1) is 16.8 Å². The third kappa shape index (κ3) is 3.37. The van der Waals surface area contributed by atoms with E-state index < -0.39 is 5.91 Å². The summed E-state index contributed by atoms with van der Waals surface area (Å²) in [5, 5.41) is 1.27. The van der Waals surface area contributed by atoms with E-state index >= 15 is 0 Å². The summed E-state index contributed by atoms with van der Waals surface area (Å²) in [6, 6.07) is 6.04. The van der Waals surface area contributed by atoms with E-state index in [-0.39, 0.29) is 11.3 Å². The smallest absolute Gasteiger partial charge is 0.267 e. The maximum absolute atomic E-state index is 13.7. The molecule has 4 rings (SSSR count). The number of thiophene rings is 1. The van der Waals surface area contributed by atoms with E-state index in [0.29, 0.717) is 11.1 Å².